The van der Waals surface area contributed by atoms with Gasteiger partial charge in [-0.2, -0.15) is 0 Å². The van der Waals surface area contributed by atoms with Gasteiger partial charge in [-0.05, 0) is 31.2 Å². The first-order chi connectivity index (χ1) is 11.1. The number of rotatable bonds is 3. The van der Waals surface area contributed by atoms with Crippen LogP contribution in [-0.4, -0.2) is 59.6 Å². The fraction of sp³-hybridized carbons (Fsp3) is 0.529. The summed E-state index contributed by atoms with van der Waals surface area (Å²) in [6, 6.07) is 5.94. The Hall–Kier alpha value is -1.53. The summed E-state index contributed by atoms with van der Waals surface area (Å²) in [4.78, 5) is 29.6. The fourth-order valence-corrected chi connectivity index (χ4v) is 3.90. The summed E-state index contributed by atoms with van der Waals surface area (Å²) < 4.78 is 0. The highest BCUT2D eigenvalue weighted by molar-refractivity contribution is 8.00. The highest BCUT2D eigenvalue weighted by Gasteiger charge is 2.24. The molecule has 0 saturated carbocycles. The fourth-order valence-electron chi connectivity index (χ4n) is 2.97. The monoisotopic (exact) mass is 333 g/mol. The van der Waals surface area contributed by atoms with Gasteiger partial charge in [-0.25, -0.2) is 0 Å². The number of hydrogen-bond acceptors (Lipinski definition) is 4. The maximum Gasteiger partial charge on any atom is 0.237 e. The van der Waals surface area contributed by atoms with Gasteiger partial charge in [-0.3, -0.25) is 9.59 Å². The summed E-state index contributed by atoms with van der Waals surface area (Å²) in [6.07, 6.45) is 0.398. The molecule has 0 bridgehead atoms. The molecule has 1 fully saturated rings. The van der Waals surface area contributed by atoms with E-state index in [1.165, 1.54) is 0 Å². The third kappa shape index (κ3) is 3.70. The topological polar surface area (TPSA) is 52.6 Å². The molecule has 1 unspecified atom stereocenters. The Morgan fingerprint density at radius 1 is 1.30 bits per heavy atom. The number of piperazine rings is 1. The number of thioether (sulfide) groups is 1. The minimum Gasteiger partial charge on any atom is -0.340 e. The molecule has 1 N–H and O–H groups in total. The van der Waals surface area contributed by atoms with Crippen LogP contribution in [0.15, 0.2) is 23.1 Å². The Bertz CT molecular complexity index is 612. The number of benzene rings is 1. The number of likely N-dealkylation sites (N-methyl/N-ethyl adjacent to an activating group) is 1. The molecule has 2 heterocycles. The van der Waals surface area contributed by atoms with Gasteiger partial charge in [0, 0.05) is 31.1 Å². The highest BCUT2D eigenvalue weighted by Crippen LogP contribution is 2.36. The first-order valence-electron chi connectivity index (χ1n) is 8.17. The van der Waals surface area contributed by atoms with E-state index < -0.39 is 0 Å². The lowest BCUT2D eigenvalue weighted by Crippen LogP contribution is -2.48. The molecule has 1 saturated heterocycles. The molecular weight excluding hydrogens is 310 g/mol. The average molecular weight is 333 g/mol. The standard InChI is InChI=1S/C17H23N3O2S/c1-3-19-6-8-20(9-7-19)16(21)11-13-4-5-15-14(10-13)18-17(22)12(2)23-15/h4-5,10,12H,3,6-9,11H2,1-2H3,(H,18,22). The summed E-state index contributed by atoms with van der Waals surface area (Å²) in [7, 11) is 0. The number of hydrogen-bond donors (Lipinski definition) is 1. The Morgan fingerprint density at radius 3 is 2.74 bits per heavy atom. The second kappa shape index (κ2) is 6.93. The molecule has 1 aromatic carbocycles. The van der Waals surface area contributed by atoms with E-state index in [-0.39, 0.29) is 17.1 Å². The first kappa shape index (κ1) is 16.3. The van der Waals surface area contributed by atoms with E-state index in [4.69, 9.17) is 0 Å². The van der Waals surface area contributed by atoms with Gasteiger partial charge in [0.15, 0.2) is 0 Å². The van der Waals surface area contributed by atoms with Crippen LogP contribution < -0.4 is 5.32 Å². The highest BCUT2D eigenvalue weighted by atomic mass is 32.2. The number of anilines is 1. The summed E-state index contributed by atoms with van der Waals surface area (Å²) in [5.74, 6) is 0.200. The van der Waals surface area contributed by atoms with E-state index in [1.54, 1.807) is 11.8 Å². The molecule has 6 heteroatoms. The Labute approximate surface area is 141 Å². The van der Waals surface area contributed by atoms with Gasteiger partial charge in [0.1, 0.15) is 0 Å². The molecule has 5 nitrogen and oxygen atoms in total. The van der Waals surface area contributed by atoms with E-state index in [2.05, 4.69) is 17.1 Å². The molecule has 3 rings (SSSR count). The predicted molar refractivity (Wildman–Crippen MR) is 92.8 cm³/mol. The van der Waals surface area contributed by atoms with Crippen LogP contribution in [0.2, 0.25) is 0 Å². The van der Waals surface area contributed by atoms with Crippen molar-refractivity contribution in [3.63, 3.8) is 0 Å². The van der Waals surface area contributed by atoms with Crippen LogP contribution in [0.25, 0.3) is 0 Å². The van der Waals surface area contributed by atoms with Crippen LogP contribution in [0.4, 0.5) is 5.69 Å². The third-order valence-electron chi connectivity index (χ3n) is 4.50. The number of nitrogens with zero attached hydrogens (tertiary/aromatic N) is 2. The number of carbonyl (C=O) groups is 2. The average Bonchev–Trinajstić information content (AvgIpc) is 2.56. The van der Waals surface area contributed by atoms with E-state index in [1.807, 2.05) is 30.0 Å². The molecule has 1 aromatic rings. The Kier molecular flexibility index (Phi) is 4.92. The molecular formula is C17H23N3O2S. The Balaban J connectivity index is 1.63. The molecule has 0 aromatic heterocycles. The van der Waals surface area contributed by atoms with Crippen LogP contribution >= 0.6 is 11.8 Å². The third-order valence-corrected chi connectivity index (χ3v) is 5.68. The van der Waals surface area contributed by atoms with Crippen molar-refractivity contribution in [2.75, 3.05) is 38.0 Å². The summed E-state index contributed by atoms with van der Waals surface area (Å²) in [6.45, 7) is 8.62. The van der Waals surface area contributed by atoms with Crippen molar-refractivity contribution in [3.8, 4) is 0 Å². The van der Waals surface area contributed by atoms with Crippen molar-refractivity contribution >= 4 is 29.3 Å². The van der Waals surface area contributed by atoms with Crippen molar-refractivity contribution < 1.29 is 9.59 Å². The maximum absolute atomic E-state index is 12.5. The molecule has 1 atom stereocenters. The lowest BCUT2D eigenvalue weighted by Gasteiger charge is -2.34. The molecule has 23 heavy (non-hydrogen) atoms. The lowest BCUT2D eigenvalue weighted by molar-refractivity contribution is -0.132. The van der Waals surface area contributed by atoms with Crippen LogP contribution in [0.1, 0.15) is 19.4 Å². The number of nitrogens with one attached hydrogen (secondary N) is 1. The second-order valence-corrected chi connectivity index (χ2v) is 7.45. The second-order valence-electron chi connectivity index (χ2n) is 6.07. The van der Waals surface area contributed by atoms with Crippen molar-refractivity contribution in [1.82, 2.24) is 9.80 Å². The summed E-state index contributed by atoms with van der Waals surface area (Å²) in [5, 5.41) is 2.86. The molecule has 0 radical (unpaired) electrons. The van der Waals surface area contributed by atoms with E-state index in [0.717, 1.165) is 48.9 Å². The molecule has 2 amide bonds. The largest absolute Gasteiger partial charge is 0.340 e. The van der Waals surface area contributed by atoms with Crippen LogP contribution in [0.5, 0.6) is 0 Å². The van der Waals surface area contributed by atoms with Gasteiger partial charge in [-0.1, -0.05) is 13.0 Å². The SMILES string of the molecule is CCN1CCN(C(=O)Cc2ccc3c(c2)NC(=O)C(C)S3)CC1. The summed E-state index contributed by atoms with van der Waals surface area (Å²) in [5.41, 5.74) is 1.79. The van der Waals surface area contributed by atoms with Gasteiger partial charge in [0.05, 0.1) is 17.4 Å². The van der Waals surface area contributed by atoms with Gasteiger partial charge in [0.25, 0.3) is 0 Å². The van der Waals surface area contributed by atoms with Gasteiger partial charge < -0.3 is 15.1 Å². The number of amides is 2. The molecule has 0 spiro atoms. The predicted octanol–water partition coefficient (Wildman–Crippen LogP) is 1.83. The smallest absolute Gasteiger partial charge is 0.237 e. The van der Waals surface area contributed by atoms with Crippen molar-refractivity contribution in [3.05, 3.63) is 23.8 Å². The summed E-state index contributed by atoms with van der Waals surface area (Å²) >= 11 is 1.57. The number of carbonyl (C=O) groups excluding carboxylic acids is 2. The zero-order chi connectivity index (χ0) is 16.4. The Morgan fingerprint density at radius 2 is 2.04 bits per heavy atom. The van der Waals surface area contributed by atoms with Crippen molar-refractivity contribution in [2.24, 2.45) is 0 Å². The maximum atomic E-state index is 12.5. The van der Waals surface area contributed by atoms with E-state index in [0.29, 0.717) is 6.42 Å². The van der Waals surface area contributed by atoms with E-state index >= 15 is 0 Å². The van der Waals surface area contributed by atoms with Crippen LogP contribution in [-0.2, 0) is 16.0 Å². The van der Waals surface area contributed by atoms with Crippen molar-refractivity contribution in [2.45, 2.75) is 30.4 Å². The zero-order valence-electron chi connectivity index (χ0n) is 13.7. The van der Waals surface area contributed by atoms with Crippen LogP contribution in [0, 0.1) is 0 Å². The molecule has 2 aliphatic heterocycles. The molecule has 0 aliphatic carbocycles. The quantitative estimate of drug-likeness (QED) is 0.917. The molecule has 2 aliphatic rings. The lowest BCUT2D eigenvalue weighted by atomic mass is 10.1. The first-order valence-corrected chi connectivity index (χ1v) is 9.05. The van der Waals surface area contributed by atoms with Gasteiger partial charge in [0.2, 0.25) is 11.8 Å². The minimum atomic E-state index is -0.0650. The zero-order valence-corrected chi connectivity index (χ0v) is 14.5. The van der Waals surface area contributed by atoms with Crippen LogP contribution in [0.3, 0.4) is 0 Å². The van der Waals surface area contributed by atoms with E-state index in [9.17, 15) is 9.59 Å². The normalized spacial score (nSPS) is 21.7. The molecule has 124 valence electrons. The van der Waals surface area contributed by atoms with Gasteiger partial charge >= 0.3 is 0 Å². The number of fused-ring (bicyclic) bond motifs is 1. The minimum absolute atomic E-state index is 0.0293. The van der Waals surface area contributed by atoms with Gasteiger partial charge in [-0.15, -0.1) is 11.8 Å². The van der Waals surface area contributed by atoms with Crippen molar-refractivity contribution in [1.29, 1.82) is 0 Å².